The summed E-state index contributed by atoms with van der Waals surface area (Å²) in [6.07, 6.45) is 3.43. The van der Waals surface area contributed by atoms with Crippen LogP contribution in [-0.2, 0) is 0 Å². The lowest BCUT2D eigenvalue weighted by molar-refractivity contribution is 0.0925. The Bertz CT molecular complexity index is 750. The Labute approximate surface area is 129 Å². The fourth-order valence-electron chi connectivity index (χ4n) is 2.37. The molecule has 3 rings (SSSR count). The Kier molecular flexibility index (Phi) is 4.01. The number of nitrogens with zero attached hydrogens (tertiary/aromatic N) is 2. The van der Waals surface area contributed by atoms with Gasteiger partial charge in [0.1, 0.15) is 12.0 Å². The third-order valence-corrected chi connectivity index (χ3v) is 3.49. The van der Waals surface area contributed by atoms with Crippen LogP contribution in [0.25, 0.3) is 11.4 Å². The molecule has 1 aromatic heterocycles. The van der Waals surface area contributed by atoms with Crippen molar-refractivity contribution in [2.24, 2.45) is 0 Å². The van der Waals surface area contributed by atoms with Gasteiger partial charge in [-0.05, 0) is 19.1 Å². The number of hydrogen-bond donors (Lipinski definition) is 1. The molecule has 0 saturated carbocycles. The van der Waals surface area contributed by atoms with Crippen molar-refractivity contribution in [2.45, 2.75) is 13.1 Å². The number of nitrogens with one attached hydrogen (secondary N) is 1. The van der Waals surface area contributed by atoms with Crippen molar-refractivity contribution in [3.8, 4) is 11.4 Å². The maximum atomic E-state index is 12.3. The SMILES string of the molecule is CC(NC(=O)c1ccccc1)n1ccnc1-c1ccccc1. The lowest BCUT2D eigenvalue weighted by Crippen LogP contribution is -2.30. The lowest BCUT2D eigenvalue weighted by atomic mass is 10.2. The molecule has 1 heterocycles. The largest absolute Gasteiger partial charge is 0.332 e. The van der Waals surface area contributed by atoms with Crippen LogP contribution in [0.3, 0.4) is 0 Å². The van der Waals surface area contributed by atoms with Gasteiger partial charge in [0.15, 0.2) is 0 Å². The first-order chi connectivity index (χ1) is 10.8. The van der Waals surface area contributed by atoms with Gasteiger partial charge < -0.3 is 9.88 Å². The zero-order chi connectivity index (χ0) is 15.4. The zero-order valence-electron chi connectivity index (χ0n) is 12.3. The molecule has 1 amide bonds. The normalized spacial score (nSPS) is 11.9. The Morgan fingerprint density at radius 3 is 2.36 bits per heavy atom. The molecule has 110 valence electrons. The number of aromatic nitrogens is 2. The molecule has 3 aromatic rings. The smallest absolute Gasteiger partial charge is 0.252 e. The van der Waals surface area contributed by atoms with Crippen LogP contribution in [0.15, 0.2) is 73.1 Å². The predicted octanol–water partition coefficient (Wildman–Crippen LogP) is 3.50. The molecule has 2 aromatic carbocycles. The van der Waals surface area contributed by atoms with E-state index in [1.807, 2.05) is 66.2 Å². The number of hydrogen-bond acceptors (Lipinski definition) is 2. The summed E-state index contributed by atoms with van der Waals surface area (Å²) >= 11 is 0. The average molecular weight is 291 g/mol. The molecule has 0 bridgehead atoms. The topological polar surface area (TPSA) is 46.9 Å². The Balaban J connectivity index is 1.81. The van der Waals surface area contributed by atoms with Gasteiger partial charge in [0, 0.05) is 23.5 Å². The molecule has 1 unspecified atom stereocenters. The predicted molar refractivity (Wildman–Crippen MR) is 86.3 cm³/mol. The molecule has 0 radical (unpaired) electrons. The molecule has 4 heteroatoms. The highest BCUT2D eigenvalue weighted by Gasteiger charge is 2.14. The summed E-state index contributed by atoms with van der Waals surface area (Å²) in [6.45, 7) is 1.94. The average Bonchev–Trinajstić information content (AvgIpc) is 3.06. The third kappa shape index (κ3) is 2.91. The highest BCUT2D eigenvalue weighted by molar-refractivity contribution is 5.94. The quantitative estimate of drug-likeness (QED) is 0.799. The van der Waals surface area contributed by atoms with Crippen molar-refractivity contribution in [3.63, 3.8) is 0 Å². The van der Waals surface area contributed by atoms with E-state index in [2.05, 4.69) is 10.3 Å². The first kappa shape index (κ1) is 14.1. The number of rotatable bonds is 4. The van der Waals surface area contributed by atoms with Gasteiger partial charge in [-0.1, -0.05) is 48.5 Å². The summed E-state index contributed by atoms with van der Waals surface area (Å²) in [5, 5.41) is 2.99. The second-order valence-electron chi connectivity index (χ2n) is 5.04. The van der Waals surface area contributed by atoms with Crippen LogP contribution in [0.2, 0.25) is 0 Å². The molecule has 0 aliphatic heterocycles. The van der Waals surface area contributed by atoms with Crippen LogP contribution in [0.1, 0.15) is 23.4 Å². The van der Waals surface area contributed by atoms with Gasteiger partial charge in [-0.15, -0.1) is 0 Å². The van der Waals surface area contributed by atoms with E-state index >= 15 is 0 Å². The van der Waals surface area contributed by atoms with E-state index in [4.69, 9.17) is 0 Å². The Hall–Kier alpha value is -2.88. The van der Waals surface area contributed by atoms with Gasteiger partial charge in [-0.25, -0.2) is 4.98 Å². The molecular formula is C18H17N3O. The highest BCUT2D eigenvalue weighted by Crippen LogP contribution is 2.19. The van der Waals surface area contributed by atoms with Crippen molar-refractivity contribution >= 4 is 5.91 Å². The maximum absolute atomic E-state index is 12.3. The van der Waals surface area contributed by atoms with Crippen LogP contribution in [0, 0.1) is 0 Å². The van der Waals surface area contributed by atoms with Gasteiger partial charge in [-0.3, -0.25) is 4.79 Å². The third-order valence-electron chi connectivity index (χ3n) is 3.49. The summed E-state index contributed by atoms with van der Waals surface area (Å²) in [4.78, 5) is 16.7. The molecule has 0 fully saturated rings. The number of imidazole rings is 1. The highest BCUT2D eigenvalue weighted by atomic mass is 16.1. The molecule has 4 nitrogen and oxygen atoms in total. The van der Waals surface area contributed by atoms with Gasteiger partial charge in [0.05, 0.1) is 0 Å². The van der Waals surface area contributed by atoms with E-state index in [1.54, 1.807) is 18.3 Å². The monoisotopic (exact) mass is 291 g/mol. The van der Waals surface area contributed by atoms with Gasteiger partial charge in [-0.2, -0.15) is 0 Å². The van der Waals surface area contributed by atoms with E-state index < -0.39 is 0 Å². The van der Waals surface area contributed by atoms with Gasteiger partial charge in [0.25, 0.3) is 5.91 Å². The minimum absolute atomic E-state index is 0.0965. The van der Waals surface area contributed by atoms with Crippen molar-refractivity contribution in [2.75, 3.05) is 0 Å². The number of carbonyl (C=O) groups excluding carboxylic acids is 1. The van der Waals surface area contributed by atoms with E-state index in [0.717, 1.165) is 11.4 Å². The minimum Gasteiger partial charge on any atom is -0.332 e. The molecule has 0 aliphatic carbocycles. The Morgan fingerprint density at radius 2 is 1.68 bits per heavy atom. The molecule has 1 atom stereocenters. The Morgan fingerprint density at radius 1 is 1.05 bits per heavy atom. The van der Waals surface area contributed by atoms with Crippen LogP contribution in [0.5, 0.6) is 0 Å². The summed E-state index contributed by atoms with van der Waals surface area (Å²) in [7, 11) is 0. The van der Waals surface area contributed by atoms with Gasteiger partial charge >= 0.3 is 0 Å². The van der Waals surface area contributed by atoms with Crippen LogP contribution in [-0.4, -0.2) is 15.5 Å². The molecule has 0 saturated heterocycles. The van der Waals surface area contributed by atoms with Crippen LogP contribution < -0.4 is 5.32 Å². The summed E-state index contributed by atoms with van der Waals surface area (Å²) in [6, 6.07) is 19.1. The number of carbonyl (C=O) groups is 1. The standard InChI is InChI=1S/C18H17N3O/c1-14(20-18(22)16-10-6-3-7-11-16)21-13-12-19-17(21)15-8-4-2-5-9-15/h2-14H,1H3,(H,20,22). The first-order valence-corrected chi connectivity index (χ1v) is 7.20. The zero-order valence-corrected chi connectivity index (χ0v) is 12.3. The van der Waals surface area contributed by atoms with Crippen molar-refractivity contribution in [3.05, 3.63) is 78.6 Å². The molecule has 0 aliphatic rings. The number of benzene rings is 2. The van der Waals surface area contributed by atoms with E-state index in [9.17, 15) is 4.79 Å². The second-order valence-corrected chi connectivity index (χ2v) is 5.04. The molecular weight excluding hydrogens is 274 g/mol. The molecule has 0 spiro atoms. The van der Waals surface area contributed by atoms with Crippen molar-refractivity contribution in [1.29, 1.82) is 0 Å². The number of amides is 1. The maximum Gasteiger partial charge on any atom is 0.252 e. The summed E-state index contributed by atoms with van der Waals surface area (Å²) in [5.41, 5.74) is 1.67. The fourth-order valence-corrected chi connectivity index (χ4v) is 2.37. The van der Waals surface area contributed by atoms with E-state index in [-0.39, 0.29) is 12.1 Å². The fraction of sp³-hybridized carbons (Fsp3) is 0.111. The minimum atomic E-state index is -0.189. The second kappa shape index (κ2) is 6.26. The lowest BCUT2D eigenvalue weighted by Gasteiger charge is -2.18. The summed E-state index contributed by atoms with van der Waals surface area (Å²) < 4.78 is 1.95. The van der Waals surface area contributed by atoms with E-state index in [1.165, 1.54) is 0 Å². The van der Waals surface area contributed by atoms with Crippen molar-refractivity contribution in [1.82, 2.24) is 14.9 Å². The summed E-state index contributed by atoms with van der Waals surface area (Å²) in [5.74, 6) is 0.738. The van der Waals surface area contributed by atoms with Crippen LogP contribution >= 0.6 is 0 Å². The van der Waals surface area contributed by atoms with Crippen LogP contribution in [0.4, 0.5) is 0 Å². The van der Waals surface area contributed by atoms with Crippen molar-refractivity contribution < 1.29 is 4.79 Å². The molecule has 22 heavy (non-hydrogen) atoms. The molecule has 1 N–H and O–H groups in total. The first-order valence-electron chi connectivity index (χ1n) is 7.20. The van der Waals surface area contributed by atoms with Gasteiger partial charge in [0.2, 0.25) is 0 Å². The van der Waals surface area contributed by atoms with E-state index in [0.29, 0.717) is 5.56 Å².